The molecule has 0 saturated carbocycles. The third kappa shape index (κ3) is 9.10. The number of para-hydroxylation sites is 1. The standard InChI is InChI=1S/C30H34Cl2N2O3/c1-3-22(2)33-30(36)28(19-23-11-6-4-7-12-23)34(21-24-16-17-25(31)20-27(24)32)29(35)15-10-18-37-26-13-8-5-9-14-26/h4-9,11-14,16-17,20,22,28H,3,10,15,18-19,21H2,1-2H3,(H,33,36)/t22-,28+/m0/s1. The lowest BCUT2D eigenvalue weighted by Gasteiger charge is -2.32. The van der Waals surface area contributed by atoms with Crippen LogP contribution in [0.3, 0.4) is 0 Å². The monoisotopic (exact) mass is 540 g/mol. The minimum atomic E-state index is -0.703. The fraction of sp³-hybridized carbons (Fsp3) is 0.333. The van der Waals surface area contributed by atoms with E-state index in [-0.39, 0.29) is 30.8 Å². The summed E-state index contributed by atoms with van der Waals surface area (Å²) in [5.74, 6) is 0.440. The highest BCUT2D eigenvalue weighted by molar-refractivity contribution is 6.35. The van der Waals surface area contributed by atoms with Gasteiger partial charge in [-0.15, -0.1) is 0 Å². The van der Waals surface area contributed by atoms with Gasteiger partial charge in [-0.05, 0) is 55.2 Å². The zero-order valence-electron chi connectivity index (χ0n) is 21.3. The van der Waals surface area contributed by atoms with Gasteiger partial charge in [0.15, 0.2) is 0 Å². The number of nitrogens with one attached hydrogen (secondary N) is 1. The van der Waals surface area contributed by atoms with E-state index in [0.29, 0.717) is 29.5 Å². The van der Waals surface area contributed by atoms with Crippen molar-refractivity contribution in [1.29, 1.82) is 0 Å². The van der Waals surface area contributed by atoms with Crippen molar-refractivity contribution in [3.05, 3.63) is 100 Å². The number of rotatable bonds is 13. The summed E-state index contributed by atoms with van der Waals surface area (Å²) in [7, 11) is 0. The second-order valence-corrected chi connectivity index (χ2v) is 9.89. The average molecular weight is 542 g/mol. The molecule has 2 amide bonds. The fourth-order valence-electron chi connectivity index (χ4n) is 3.90. The van der Waals surface area contributed by atoms with Crippen LogP contribution in [0.2, 0.25) is 10.0 Å². The summed E-state index contributed by atoms with van der Waals surface area (Å²) in [6.45, 7) is 4.56. The van der Waals surface area contributed by atoms with Crippen LogP contribution in [-0.4, -0.2) is 35.4 Å². The Balaban J connectivity index is 1.84. The summed E-state index contributed by atoms with van der Waals surface area (Å²) in [6, 6.07) is 23.7. The summed E-state index contributed by atoms with van der Waals surface area (Å²) >= 11 is 12.6. The Morgan fingerprint density at radius 3 is 2.30 bits per heavy atom. The molecule has 3 rings (SSSR count). The Kier molecular flexibility index (Phi) is 11.3. The molecule has 196 valence electrons. The molecule has 2 atom stereocenters. The third-order valence-corrected chi connectivity index (χ3v) is 6.76. The summed E-state index contributed by atoms with van der Waals surface area (Å²) in [5, 5.41) is 4.04. The van der Waals surface area contributed by atoms with E-state index in [4.69, 9.17) is 27.9 Å². The van der Waals surface area contributed by atoms with Gasteiger partial charge < -0.3 is 15.0 Å². The number of halogens is 2. The Bertz CT molecular complexity index is 1140. The van der Waals surface area contributed by atoms with E-state index < -0.39 is 6.04 Å². The maximum absolute atomic E-state index is 13.6. The van der Waals surface area contributed by atoms with Crippen molar-refractivity contribution in [2.45, 2.75) is 58.2 Å². The molecule has 0 aromatic heterocycles. The Morgan fingerprint density at radius 1 is 0.973 bits per heavy atom. The van der Waals surface area contributed by atoms with E-state index in [0.717, 1.165) is 23.3 Å². The predicted octanol–water partition coefficient (Wildman–Crippen LogP) is 6.71. The lowest BCUT2D eigenvalue weighted by atomic mass is 10.0. The van der Waals surface area contributed by atoms with Gasteiger partial charge in [0.1, 0.15) is 11.8 Å². The van der Waals surface area contributed by atoms with Gasteiger partial charge >= 0.3 is 0 Å². The Labute approximate surface area is 229 Å². The lowest BCUT2D eigenvalue weighted by Crippen LogP contribution is -2.52. The minimum absolute atomic E-state index is 0.0129. The zero-order valence-corrected chi connectivity index (χ0v) is 22.8. The molecular weight excluding hydrogens is 507 g/mol. The smallest absolute Gasteiger partial charge is 0.243 e. The zero-order chi connectivity index (χ0) is 26.6. The van der Waals surface area contributed by atoms with E-state index >= 15 is 0 Å². The highest BCUT2D eigenvalue weighted by atomic mass is 35.5. The van der Waals surface area contributed by atoms with Crippen molar-refractivity contribution >= 4 is 35.0 Å². The van der Waals surface area contributed by atoms with Crippen LogP contribution >= 0.6 is 23.2 Å². The molecule has 3 aromatic rings. The molecule has 37 heavy (non-hydrogen) atoms. The molecule has 1 N–H and O–H groups in total. The largest absolute Gasteiger partial charge is 0.494 e. The minimum Gasteiger partial charge on any atom is -0.494 e. The molecule has 0 saturated heterocycles. The maximum atomic E-state index is 13.6. The van der Waals surface area contributed by atoms with Gasteiger partial charge in [0, 0.05) is 35.5 Å². The van der Waals surface area contributed by atoms with Crippen LogP contribution in [0.4, 0.5) is 0 Å². The number of hydrogen-bond acceptors (Lipinski definition) is 3. The first-order valence-electron chi connectivity index (χ1n) is 12.6. The molecule has 0 unspecified atom stereocenters. The van der Waals surface area contributed by atoms with Crippen molar-refractivity contribution in [1.82, 2.24) is 10.2 Å². The topological polar surface area (TPSA) is 58.6 Å². The van der Waals surface area contributed by atoms with Crippen LogP contribution < -0.4 is 10.1 Å². The molecule has 0 aliphatic carbocycles. The van der Waals surface area contributed by atoms with E-state index in [1.807, 2.05) is 74.5 Å². The van der Waals surface area contributed by atoms with Crippen LogP contribution in [0.5, 0.6) is 5.75 Å². The number of hydrogen-bond donors (Lipinski definition) is 1. The first-order chi connectivity index (χ1) is 17.9. The van der Waals surface area contributed by atoms with Gasteiger partial charge in [0.05, 0.1) is 6.61 Å². The quantitative estimate of drug-likeness (QED) is 0.245. The van der Waals surface area contributed by atoms with Crippen molar-refractivity contribution in [2.75, 3.05) is 6.61 Å². The van der Waals surface area contributed by atoms with Crippen LogP contribution in [0, 0.1) is 0 Å². The van der Waals surface area contributed by atoms with E-state index in [2.05, 4.69) is 5.32 Å². The Morgan fingerprint density at radius 2 is 1.65 bits per heavy atom. The van der Waals surface area contributed by atoms with Crippen molar-refractivity contribution < 1.29 is 14.3 Å². The molecule has 0 aliphatic rings. The van der Waals surface area contributed by atoms with E-state index in [1.54, 1.807) is 23.1 Å². The van der Waals surface area contributed by atoms with Gasteiger partial charge in [0.2, 0.25) is 11.8 Å². The summed E-state index contributed by atoms with van der Waals surface area (Å²) in [6.07, 6.45) is 1.93. The predicted molar refractivity (Wildman–Crippen MR) is 150 cm³/mol. The number of carbonyl (C=O) groups is 2. The summed E-state index contributed by atoms with van der Waals surface area (Å²) in [4.78, 5) is 28.8. The molecule has 0 aliphatic heterocycles. The molecule has 5 nitrogen and oxygen atoms in total. The summed E-state index contributed by atoms with van der Waals surface area (Å²) in [5.41, 5.74) is 1.70. The molecule has 0 bridgehead atoms. The fourth-order valence-corrected chi connectivity index (χ4v) is 4.37. The van der Waals surface area contributed by atoms with Crippen LogP contribution in [0.25, 0.3) is 0 Å². The van der Waals surface area contributed by atoms with Crippen LogP contribution in [-0.2, 0) is 22.6 Å². The molecule has 3 aromatic carbocycles. The average Bonchev–Trinajstić information content (AvgIpc) is 2.90. The van der Waals surface area contributed by atoms with Crippen LogP contribution in [0.1, 0.15) is 44.2 Å². The van der Waals surface area contributed by atoms with Gasteiger partial charge in [0.25, 0.3) is 0 Å². The highest BCUT2D eigenvalue weighted by Crippen LogP contribution is 2.25. The SMILES string of the molecule is CC[C@H](C)NC(=O)[C@@H](Cc1ccccc1)N(Cc1ccc(Cl)cc1Cl)C(=O)CCCOc1ccccc1. The molecule has 7 heteroatoms. The van der Waals surface area contributed by atoms with E-state index in [1.165, 1.54) is 0 Å². The Hall–Kier alpha value is -3.02. The molecule has 0 fully saturated rings. The number of amides is 2. The second kappa shape index (κ2) is 14.7. The molecule has 0 radical (unpaired) electrons. The van der Waals surface area contributed by atoms with Gasteiger partial charge in [-0.25, -0.2) is 0 Å². The van der Waals surface area contributed by atoms with Crippen molar-refractivity contribution in [3.8, 4) is 5.75 Å². The number of nitrogens with zero attached hydrogens (tertiary/aromatic N) is 1. The van der Waals surface area contributed by atoms with Gasteiger partial charge in [-0.3, -0.25) is 9.59 Å². The van der Waals surface area contributed by atoms with Crippen LogP contribution in [0.15, 0.2) is 78.9 Å². The van der Waals surface area contributed by atoms with E-state index in [9.17, 15) is 9.59 Å². The first-order valence-corrected chi connectivity index (χ1v) is 13.4. The van der Waals surface area contributed by atoms with Gasteiger partial charge in [-0.1, -0.05) is 84.7 Å². The molecular formula is C30H34Cl2N2O3. The first kappa shape index (κ1) is 28.5. The lowest BCUT2D eigenvalue weighted by molar-refractivity contribution is -0.141. The van der Waals surface area contributed by atoms with Gasteiger partial charge in [-0.2, -0.15) is 0 Å². The third-order valence-electron chi connectivity index (χ3n) is 6.17. The highest BCUT2D eigenvalue weighted by Gasteiger charge is 2.31. The maximum Gasteiger partial charge on any atom is 0.243 e. The van der Waals surface area contributed by atoms with Crippen molar-refractivity contribution in [3.63, 3.8) is 0 Å². The second-order valence-electron chi connectivity index (χ2n) is 9.05. The number of ether oxygens (including phenoxy) is 1. The normalized spacial score (nSPS) is 12.4. The van der Waals surface area contributed by atoms with Crippen molar-refractivity contribution in [2.24, 2.45) is 0 Å². The molecule has 0 spiro atoms. The number of benzene rings is 3. The summed E-state index contributed by atoms with van der Waals surface area (Å²) < 4.78 is 5.77. The number of carbonyl (C=O) groups excluding carboxylic acids is 2. The molecule has 0 heterocycles.